The van der Waals surface area contributed by atoms with Crippen molar-refractivity contribution in [2.24, 2.45) is 10.2 Å². The van der Waals surface area contributed by atoms with E-state index in [4.69, 9.17) is 4.74 Å². The highest BCUT2D eigenvalue weighted by Crippen LogP contribution is 2.33. The van der Waals surface area contributed by atoms with E-state index in [0.717, 1.165) is 0 Å². The van der Waals surface area contributed by atoms with Gasteiger partial charge >= 0.3 is 5.69 Å². The lowest BCUT2D eigenvalue weighted by Gasteiger charge is -2.03. The summed E-state index contributed by atoms with van der Waals surface area (Å²) in [5.41, 5.74) is 1.27. The summed E-state index contributed by atoms with van der Waals surface area (Å²) in [6.07, 6.45) is 1.28. The molecule has 0 atom stereocenters. The second kappa shape index (κ2) is 6.87. The zero-order valence-corrected chi connectivity index (χ0v) is 14.4. The van der Waals surface area contributed by atoms with E-state index in [-0.39, 0.29) is 23.0 Å². The minimum atomic E-state index is -0.555. The third kappa shape index (κ3) is 3.23. The fourth-order valence-corrected chi connectivity index (χ4v) is 2.50. The number of hydrogen-bond donors (Lipinski definition) is 0. The molecule has 0 aliphatic heterocycles. The van der Waals surface area contributed by atoms with Crippen LogP contribution in [0.3, 0.4) is 0 Å². The maximum absolute atomic E-state index is 13.6. The van der Waals surface area contributed by atoms with Crippen molar-refractivity contribution in [3.63, 3.8) is 0 Å². The van der Waals surface area contributed by atoms with Crippen molar-refractivity contribution in [1.29, 1.82) is 0 Å². The zero-order chi connectivity index (χ0) is 18.8. The molecule has 3 rings (SSSR count). The van der Waals surface area contributed by atoms with Gasteiger partial charge in [0, 0.05) is 12.3 Å². The van der Waals surface area contributed by atoms with E-state index in [2.05, 4.69) is 15.2 Å². The molecule has 1 aromatic carbocycles. The number of rotatable bonds is 5. The van der Waals surface area contributed by atoms with E-state index < -0.39 is 10.7 Å². The number of nitrogens with zero attached hydrogens (tertiary/aromatic N) is 5. The zero-order valence-electron chi connectivity index (χ0n) is 14.4. The number of ether oxygens (including phenoxy) is 1. The lowest BCUT2D eigenvalue weighted by atomic mass is 10.1. The third-order valence-corrected chi connectivity index (χ3v) is 3.75. The SMILES string of the molecule is COc1ccc(N=Nc2c(C(C)C)nc3ccc(F)cn23)cc1[N+](=O)[O-]. The smallest absolute Gasteiger partial charge is 0.313 e. The number of imidazole rings is 1. The molecule has 0 aliphatic rings. The first-order valence-electron chi connectivity index (χ1n) is 7.82. The van der Waals surface area contributed by atoms with Gasteiger partial charge in [-0.05, 0) is 30.2 Å². The maximum atomic E-state index is 13.6. The fourth-order valence-electron chi connectivity index (χ4n) is 2.50. The predicted molar refractivity (Wildman–Crippen MR) is 93.1 cm³/mol. The predicted octanol–water partition coefficient (Wildman–Crippen LogP) is 4.93. The summed E-state index contributed by atoms with van der Waals surface area (Å²) in [5, 5.41) is 19.4. The molecular weight excluding hydrogens is 341 g/mol. The van der Waals surface area contributed by atoms with Gasteiger partial charge in [-0.1, -0.05) is 13.8 Å². The Morgan fingerprint density at radius 1 is 1.27 bits per heavy atom. The van der Waals surface area contributed by atoms with Gasteiger partial charge in [-0.15, -0.1) is 10.2 Å². The highest BCUT2D eigenvalue weighted by Gasteiger charge is 2.17. The number of nitro groups is 1. The van der Waals surface area contributed by atoms with Crippen LogP contribution in [0.25, 0.3) is 5.65 Å². The molecule has 26 heavy (non-hydrogen) atoms. The number of azo groups is 1. The molecule has 3 aromatic rings. The van der Waals surface area contributed by atoms with Crippen molar-refractivity contribution in [1.82, 2.24) is 9.38 Å². The molecule has 0 bridgehead atoms. The van der Waals surface area contributed by atoms with E-state index in [1.54, 1.807) is 12.1 Å². The van der Waals surface area contributed by atoms with E-state index in [1.165, 1.54) is 35.9 Å². The third-order valence-electron chi connectivity index (χ3n) is 3.75. The Bertz CT molecular complexity index is 1010. The summed E-state index contributed by atoms with van der Waals surface area (Å²) < 4.78 is 20.1. The van der Waals surface area contributed by atoms with Crippen LogP contribution in [-0.4, -0.2) is 21.4 Å². The van der Waals surface area contributed by atoms with E-state index in [9.17, 15) is 14.5 Å². The van der Waals surface area contributed by atoms with Crippen molar-refractivity contribution in [2.45, 2.75) is 19.8 Å². The Kier molecular flexibility index (Phi) is 4.61. The number of benzene rings is 1. The van der Waals surface area contributed by atoms with Crippen molar-refractivity contribution in [3.8, 4) is 5.75 Å². The first kappa shape index (κ1) is 17.5. The molecule has 0 saturated carbocycles. The van der Waals surface area contributed by atoms with E-state index in [0.29, 0.717) is 17.2 Å². The molecule has 2 heterocycles. The Morgan fingerprint density at radius 3 is 2.69 bits per heavy atom. The Labute approximate surface area is 148 Å². The maximum Gasteiger partial charge on any atom is 0.313 e. The molecule has 8 nitrogen and oxygen atoms in total. The first-order valence-corrected chi connectivity index (χ1v) is 7.82. The van der Waals surface area contributed by atoms with Crippen LogP contribution in [0.15, 0.2) is 46.8 Å². The molecule has 0 saturated heterocycles. The second-order valence-corrected chi connectivity index (χ2v) is 5.86. The van der Waals surface area contributed by atoms with Crippen LogP contribution in [-0.2, 0) is 0 Å². The standard InChI is InChI=1S/C17H16FN5O3/c1-10(2)16-17(22-9-11(18)4-7-15(22)19-16)21-20-12-5-6-14(26-3)13(8-12)23(24)25/h4-10H,1-3H3. The van der Waals surface area contributed by atoms with Crippen LogP contribution in [0.4, 0.5) is 21.6 Å². The van der Waals surface area contributed by atoms with Gasteiger partial charge in [-0.3, -0.25) is 14.5 Å². The fraction of sp³-hybridized carbons (Fsp3) is 0.235. The van der Waals surface area contributed by atoms with E-state index in [1.807, 2.05) is 13.8 Å². The van der Waals surface area contributed by atoms with Gasteiger partial charge in [-0.25, -0.2) is 9.37 Å². The second-order valence-electron chi connectivity index (χ2n) is 5.86. The number of nitro benzene ring substituents is 1. The van der Waals surface area contributed by atoms with Gasteiger partial charge in [0.05, 0.1) is 23.4 Å². The molecule has 9 heteroatoms. The molecule has 0 unspecified atom stereocenters. The first-order chi connectivity index (χ1) is 12.4. The Balaban J connectivity index is 2.08. The lowest BCUT2D eigenvalue weighted by Crippen LogP contribution is -1.92. The van der Waals surface area contributed by atoms with Crippen molar-refractivity contribution in [3.05, 3.63) is 58.2 Å². The number of halogens is 1. The van der Waals surface area contributed by atoms with Gasteiger partial charge in [0.25, 0.3) is 0 Å². The Morgan fingerprint density at radius 2 is 2.04 bits per heavy atom. The normalized spacial score (nSPS) is 11.6. The number of hydrogen-bond acceptors (Lipinski definition) is 6. The lowest BCUT2D eigenvalue weighted by molar-refractivity contribution is -0.385. The molecule has 0 amide bonds. The van der Waals surface area contributed by atoms with Gasteiger partial charge in [0.2, 0.25) is 0 Å². The molecule has 134 valence electrons. The molecule has 0 radical (unpaired) electrons. The van der Waals surface area contributed by atoms with Crippen LogP contribution in [0.1, 0.15) is 25.5 Å². The van der Waals surface area contributed by atoms with Gasteiger partial charge in [0.15, 0.2) is 11.6 Å². The Hall–Kier alpha value is -3.36. The summed E-state index contributed by atoms with van der Waals surface area (Å²) in [4.78, 5) is 15.0. The largest absolute Gasteiger partial charge is 0.490 e. The summed E-state index contributed by atoms with van der Waals surface area (Å²) >= 11 is 0. The van der Waals surface area contributed by atoms with Crippen LogP contribution in [0.2, 0.25) is 0 Å². The molecular formula is C17H16FN5O3. The van der Waals surface area contributed by atoms with Crippen molar-refractivity contribution < 1.29 is 14.1 Å². The average Bonchev–Trinajstić information content (AvgIpc) is 2.97. The summed E-state index contributed by atoms with van der Waals surface area (Å²) in [5.74, 6) is 0.125. The topological polar surface area (TPSA) is 94.4 Å². The highest BCUT2D eigenvalue weighted by atomic mass is 19.1. The monoisotopic (exact) mass is 357 g/mol. The summed E-state index contributed by atoms with van der Waals surface area (Å²) in [7, 11) is 1.35. The number of pyridine rings is 1. The number of fused-ring (bicyclic) bond motifs is 1. The average molecular weight is 357 g/mol. The minimum absolute atomic E-state index is 0.0390. The van der Waals surface area contributed by atoms with Gasteiger partial charge in [0.1, 0.15) is 11.5 Å². The quantitative estimate of drug-likeness (QED) is 0.367. The van der Waals surface area contributed by atoms with Crippen LogP contribution in [0, 0.1) is 15.9 Å². The molecule has 0 N–H and O–H groups in total. The van der Waals surface area contributed by atoms with Crippen LogP contribution in [0.5, 0.6) is 5.75 Å². The molecule has 0 fully saturated rings. The summed E-state index contributed by atoms with van der Waals surface area (Å²) in [6, 6.07) is 7.14. The van der Waals surface area contributed by atoms with Crippen molar-refractivity contribution >= 4 is 22.8 Å². The van der Waals surface area contributed by atoms with Gasteiger partial charge < -0.3 is 4.74 Å². The number of methoxy groups -OCH3 is 1. The number of aromatic nitrogens is 2. The van der Waals surface area contributed by atoms with E-state index >= 15 is 0 Å². The molecule has 0 aliphatic carbocycles. The van der Waals surface area contributed by atoms with Crippen molar-refractivity contribution in [2.75, 3.05) is 7.11 Å². The summed E-state index contributed by atoms with van der Waals surface area (Å²) in [6.45, 7) is 3.88. The van der Waals surface area contributed by atoms with Gasteiger partial charge in [-0.2, -0.15) is 0 Å². The van der Waals surface area contributed by atoms with Crippen LogP contribution < -0.4 is 4.74 Å². The highest BCUT2D eigenvalue weighted by molar-refractivity contribution is 5.57. The minimum Gasteiger partial charge on any atom is -0.490 e. The molecule has 2 aromatic heterocycles. The molecule has 0 spiro atoms. The van der Waals surface area contributed by atoms with Crippen LogP contribution >= 0.6 is 0 Å².